The molecule has 0 aliphatic carbocycles. The average Bonchev–Trinajstić information content (AvgIpc) is 3.40. The Morgan fingerprint density at radius 2 is 1.70 bits per heavy atom. The van der Waals surface area contributed by atoms with E-state index in [4.69, 9.17) is 0 Å². The van der Waals surface area contributed by atoms with E-state index in [1.165, 1.54) is 16.8 Å². The minimum absolute atomic E-state index is 0.160. The Morgan fingerprint density at radius 1 is 0.963 bits per heavy atom. The fourth-order valence-corrected chi connectivity index (χ4v) is 4.23. The summed E-state index contributed by atoms with van der Waals surface area (Å²) < 4.78 is 0. The monoisotopic (exact) mass is 375 g/mol. The number of nitrogens with zero attached hydrogens (tertiary/aromatic N) is 2. The Hall–Kier alpha value is -2.72. The molecule has 4 heteroatoms. The summed E-state index contributed by atoms with van der Waals surface area (Å²) >= 11 is 1.73. The molecule has 0 bridgehead atoms. The molecule has 3 aromatic rings. The molecule has 138 valence electrons. The molecule has 0 saturated heterocycles. The molecule has 1 aliphatic rings. The van der Waals surface area contributed by atoms with E-state index in [0.717, 1.165) is 24.5 Å². The molecule has 1 aliphatic heterocycles. The van der Waals surface area contributed by atoms with Crippen LogP contribution in [0, 0.1) is 0 Å². The molecule has 0 fully saturated rings. The minimum Gasteiger partial charge on any atom is -0.372 e. The van der Waals surface area contributed by atoms with Gasteiger partial charge in [-0.15, -0.1) is 0 Å². The Balaban J connectivity index is 1.68. The predicted octanol–water partition coefficient (Wildman–Crippen LogP) is 5.70. The number of rotatable bonds is 6. The van der Waals surface area contributed by atoms with Gasteiger partial charge in [-0.1, -0.05) is 30.3 Å². The van der Waals surface area contributed by atoms with Crippen LogP contribution in [0.25, 0.3) is 5.70 Å². The smallest absolute Gasteiger partial charge is 0.0958 e. The summed E-state index contributed by atoms with van der Waals surface area (Å²) in [6, 6.07) is 21.8. The third-order valence-corrected chi connectivity index (χ3v) is 5.76. The van der Waals surface area contributed by atoms with Gasteiger partial charge in [0.25, 0.3) is 0 Å². The van der Waals surface area contributed by atoms with Crippen molar-refractivity contribution in [3.05, 3.63) is 88.6 Å². The molecule has 1 atom stereocenters. The van der Waals surface area contributed by atoms with Crippen LogP contribution in [0.5, 0.6) is 0 Å². The minimum atomic E-state index is 0.160. The summed E-state index contributed by atoms with van der Waals surface area (Å²) in [5.74, 6) is 0. The largest absolute Gasteiger partial charge is 0.372 e. The molecule has 0 amide bonds. The summed E-state index contributed by atoms with van der Waals surface area (Å²) in [6.07, 6.45) is 2.32. The van der Waals surface area contributed by atoms with Gasteiger partial charge < -0.3 is 4.90 Å². The van der Waals surface area contributed by atoms with Gasteiger partial charge in [-0.3, -0.25) is 10.4 Å². The molecule has 1 aromatic heterocycles. The van der Waals surface area contributed by atoms with E-state index >= 15 is 0 Å². The molecule has 27 heavy (non-hydrogen) atoms. The van der Waals surface area contributed by atoms with Gasteiger partial charge in [-0.25, -0.2) is 0 Å². The van der Waals surface area contributed by atoms with Crippen molar-refractivity contribution in [1.29, 1.82) is 0 Å². The molecule has 2 aromatic carbocycles. The lowest BCUT2D eigenvalue weighted by atomic mass is 10.0. The van der Waals surface area contributed by atoms with Crippen molar-refractivity contribution in [1.82, 2.24) is 5.43 Å². The average molecular weight is 376 g/mol. The Labute approximate surface area is 165 Å². The fraction of sp³-hybridized carbons (Fsp3) is 0.217. The van der Waals surface area contributed by atoms with Crippen LogP contribution in [0.15, 0.2) is 77.5 Å². The number of hydrazine groups is 1. The van der Waals surface area contributed by atoms with Crippen LogP contribution in [0.2, 0.25) is 0 Å². The number of anilines is 2. The summed E-state index contributed by atoms with van der Waals surface area (Å²) in [6.45, 7) is 6.45. The van der Waals surface area contributed by atoms with E-state index in [1.807, 2.05) is 0 Å². The van der Waals surface area contributed by atoms with Gasteiger partial charge in [0.05, 0.1) is 17.4 Å². The van der Waals surface area contributed by atoms with Gasteiger partial charge in [0, 0.05) is 29.7 Å². The van der Waals surface area contributed by atoms with Gasteiger partial charge in [-0.2, -0.15) is 11.3 Å². The third-order valence-electron chi connectivity index (χ3n) is 5.07. The van der Waals surface area contributed by atoms with Crippen LogP contribution < -0.4 is 15.3 Å². The van der Waals surface area contributed by atoms with Crippen molar-refractivity contribution in [3.63, 3.8) is 0 Å². The highest BCUT2D eigenvalue weighted by Gasteiger charge is 2.27. The Bertz CT molecular complexity index is 881. The lowest BCUT2D eigenvalue weighted by Gasteiger charge is -2.28. The summed E-state index contributed by atoms with van der Waals surface area (Å²) in [5.41, 5.74) is 9.74. The van der Waals surface area contributed by atoms with Crippen LogP contribution in [-0.4, -0.2) is 13.1 Å². The highest BCUT2D eigenvalue weighted by molar-refractivity contribution is 7.08. The lowest BCUT2D eigenvalue weighted by Crippen LogP contribution is -2.33. The van der Waals surface area contributed by atoms with Crippen LogP contribution in [0.3, 0.4) is 0 Å². The topological polar surface area (TPSA) is 18.5 Å². The van der Waals surface area contributed by atoms with Crippen molar-refractivity contribution in [2.24, 2.45) is 0 Å². The quantitative estimate of drug-likeness (QED) is 0.596. The van der Waals surface area contributed by atoms with Gasteiger partial charge in [-0.05, 0) is 61.2 Å². The molecule has 0 spiro atoms. The fourth-order valence-electron chi connectivity index (χ4n) is 3.58. The van der Waals surface area contributed by atoms with Gasteiger partial charge in [0.1, 0.15) is 0 Å². The van der Waals surface area contributed by atoms with Crippen molar-refractivity contribution in [3.8, 4) is 0 Å². The van der Waals surface area contributed by atoms with Gasteiger partial charge >= 0.3 is 0 Å². The number of hydrogen-bond donors (Lipinski definition) is 1. The molecule has 3 nitrogen and oxygen atoms in total. The van der Waals surface area contributed by atoms with Crippen molar-refractivity contribution in [2.45, 2.75) is 19.9 Å². The first kappa shape index (κ1) is 17.7. The maximum Gasteiger partial charge on any atom is 0.0958 e. The second-order valence-corrected chi connectivity index (χ2v) is 7.40. The number of thiophene rings is 1. The van der Waals surface area contributed by atoms with Gasteiger partial charge in [0.15, 0.2) is 0 Å². The van der Waals surface area contributed by atoms with Crippen LogP contribution in [-0.2, 0) is 0 Å². The van der Waals surface area contributed by atoms with Crippen molar-refractivity contribution < 1.29 is 0 Å². The normalized spacial score (nSPS) is 16.1. The molecule has 4 rings (SSSR count). The number of nitrogens with one attached hydrogen (secondary N) is 1. The zero-order valence-electron chi connectivity index (χ0n) is 15.8. The van der Waals surface area contributed by atoms with Crippen molar-refractivity contribution >= 4 is 28.4 Å². The molecular formula is C23H25N3S. The van der Waals surface area contributed by atoms with Crippen LogP contribution >= 0.6 is 11.3 Å². The third kappa shape index (κ3) is 3.58. The second kappa shape index (κ2) is 7.89. The Morgan fingerprint density at radius 3 is 2.33 bits per heavy atom. The maximum atomic E-state index is 3.61. The van der Waals surface area contributed by atoms with E-state index in [9.17, 15) is 0 Å². The molecule has 1 unspecified atom stereocenters. The number of para-hydroxylation sites is 1. The number of hydrogen-bond acceptors (Lipinski definition) is 4. The molecule has 0 radical (unpaired) electrons. The standard InChI is InChI=1S/C23H25N3S/c1-3-25(4-2)20-12-10-18(11-13-20)23-16-22(19-14-15-27-17-19)24-26(23)21-8-6-5-7-9-21/h5-17,23-24H,3-4H2,1-2H3. The van der Waals surface area contributed by atoms with E-state index < -0.39 is 0 Å². The highest BCUT2D eigenvalue weighted by atomic mass is 32.1. The first-order valence-electron chi connectivity index (χ1n) is 9.50. The highest BCUT2D eigenvalue weighted by Crippen LogP contribution is 2.35. The molecular weight excluding hydrogens is 350 g/mol. The van der Waals surface area contributed by atoms with Crippen molar-refractivity contribution in [2.75, 3.05) is 23.0 Å². The van der Waals surface area contributed by atoms with E-state index in [2.05, 4.69) is 107 Å². The van der Waals surface area contributed by atoms with E-state index in [-0.39, 0.29) is 6.04 Å². The van der Waals surface area contributed by atoms with E-state index in [1.54, 1.807) is 11.3 Å². The zero-order valence-corrected chi connectivity index (χ0v) is 16.6. The van der Waals surface area contributed by atoms with E-state index in [0.29, 0.717) is 0 Å². The summed E-state index contributed by atoms with van der Waals surface area (Å²) in [7, 11) is 0. The zero-order chi connectivity index (χ0) is 18.6. The Kier molecular flexibility index (Phi) is 5.16. The summed E-state index contributed by atoms with van der Waals surface area (Å²) in [5, 5.41) is 6.56. The lowest BCUT2D eigenvalue weighted by molar-refractivity contribution is 0.724. The van der Waals surface area contributed by atoms with Crippen LogP contribution in [0.4, 0.5) is 11.4 Å². The van der Waals surface area contributed by atoms with Gasteiger partial charge in [0.2, 0.25) is 0 Å². The SMILES string of the molecule is CCN(CC)c1ccc(C2C=C(c3ccsc3)NN2c2ccccc2)cc1. The number of benzene rings is 2. The predicted molar refractivity (Wildman–Crippen MR) is 117 cm³/mol. The second-order valence-electron chi connectivity index (χ2n) is 6.62. The van der Waals surface area contributed by atoms with Crippen LogP contribution in [0.1, 0.15) is 31.0 Å². The maximum absolute atomic E-state index is 3.61. The first-order valence-corrected chi connectivity index (χ1v) is 10.4. The first-order chi connectivity index (χ1) is 13.3. The molecule has 0 saturated carbocycles. The molecule has 1 N–H and O–H groups in total. The molecule has 2 heterocycles. The summed E-state index contributed by atoms with van der Waals surface area (Å²) in [4.78, 5) is 2.37.